The number of benzene rings is 1. The Balaban J connectivity index is 2.02. The van der Waals surface area contributed by atoms with Crippen molar-refractivity contribution in [2.75, 3.05) is 10.6 Å². The molecule has 1 aromatic carbocycles. The van der Waals surface area contributed by atoms with Crippen molar-refractivity contribution in [1.82, 2.24) is 5.32 Å². The van der Waals surface area contributed by atoms with Gasteiger partial charge in [-0.25, -0.2) is 0 Å². The fourth-order valence-electron chi connectivity index (χ4n) is 2.37. The summed E-state index contributed by atoms with van der Waals surface area (Å²) in [5, 5.41) is 8.19. The maximum atomic E-state index is 12.3. The van der Waals surface area contributed by atoms with Crippen molar-refractivity contribution in [2.45, 2.75) is 46.1 Å². The van der Waals surface area contributed by atoms with Crippen LogP contribution in [-0.2, 0) is 14.4 Å². The first-order chi connectivity index (χ1) is 10.9. The van der Waals surface area contributed by atoms with Gasteiger partial charge in [0, 0.05) is 12.8 Å². The van der Waals surface area contributed by atoms with Crippen LogP contribution in [0.15, 0.2) is 18.2 Å². The molecule has 1 saturated carbocycles. The summed E-state index contributed by atoms with van der Waals surface area (Å²) in [4.78, 5) is 35.4. The first-order valence-corrected chi connectivity index (χ1v) is 7.86. The minimum atomic E-state index is -0.631. The molecule has 124 valence electrons. The average molecular weight is 317 g/mol. The van der Waals surface area contributed by atoms with Gasteiger partial charge in [-0.05, 0) is 44.4 Å². The molecule has 0 radical (unpaired) electrons. The summed E-state index contributed by atoms with van der Waals surface area (Å²) in [6.45, 7) is 4.96. The molecule has 0 aliphatic heterocycles. The topological polar surface area (TPSA) is 87.3 Å². The fourth-order valence-corrected chi connectivity index (χ4v) is 2.37. The molecule has 0 heterocycles. The highest BCUT2D eigenvalue weighted by atomic mass is 16.2. The molecule has 1 unspecified atom stereocenters. The number of carbonyl (C=O) groups is 3. The molecule has 0 spiro atoms. The molecule has 3 amide bonds. The van der Waals surface area contributed by atoms with Gasteiger partial charge in [-0.1, -0.05) is 12.5 Å². The van der Waals surface area contributed by atoms with E-state index < -0.39 is 6.04 Å². The molecule has 3 N–H and O–H groups in total. The Kier molecular flexibility index (Phi) is 5.36. The lowest BCUT2D eigenvalue weighted by atomic mass is 9.84. The van der Waals surface area contributed by atoms with E-state index >= 15 is 0 Å². The number of carbonyl (C=O) groups excluding carboxylic acids is 3. The Labute approximate surface area is 136 Å². The number of hydrogen-bond donors (Lipinski definition) is 3. The molecular weight excluding hydrogens is 294 g/mol. The van der Waals surface area contributed by atoms with Gasteiger partial charge >= 0.3 is 0 Å². The Hall–Kier alpha value is -2.37. The lowest BCUT2D eigenvalue weighted by Gasteiger charge is -2.26. The third-order valence-electron chi connectivity index (χ3n) is 3.97. The van der Waals surface area contributed by atoms with Crippen LogP contribution < -0.4 is 16.0 Å². The van der Waals surface area contributed by atoms with E-state index in [0.717, 1.165) is 24.8 Å². The molecule has 1 fully saturated rings. The number of aryl methyl sites for hydroxylation is 1. The van der Waals surface area contributed by atoms with Gasteiger partial charge in [0.1, 0.15) is 6.04 Å². The largest absolute Gasteiger partial charge is 0.344 e. The molecule has 1 atom stereocenters. The summed E-state index contributed by atoms with van der Waals surface area (Å²) in [5.41, 5.74) is 2.02. The van der Waals surface area contributed by atoms with Gasteiger partial charge in [0.05, 0.1) is 11.4 Å². The monoisotopic (exact) mass is 317 g/mol. The summed E-state index contributed by atoms with van der Waals surface area (Å²) in [6, 6.07) is 4.74. The van der Waals surface area contributed by atoms with Gasteiger partial charge in [0.15, 0.2) is 0 Å². The first-order valence-electron chi connectivity index (χ1n) is 7.86. The third-order valence-corrected chi connectivity index (χ3v) is 3.97. The van der Waals surface area contributed by atoms with E-state index in [4.69, 9.17) is 0 Å². The Bertz CT molecular complexity index is 624. The lowest BCUT2D eigenvalue weighted by Crippen LogP contribution is -2.45. The standard InChI is InChI=1S/C17H23N3O3/c1-10-7-8-14(19-12(3)21)15(9-10)20-16(22)11(2)18-17(23)13-5-4-6-13/h7-9,11,13H,4-6H2,1-3H3,(H,18,23)(H,19,21)(H,20,22). The van der Waals surface area contributed by atoms with Crippen LogP contribution >= 0.6 is 0 Å². The summed E-state index contributed by atoms with van der Waals surface area (Å²) in [5.74, 6) is -0.546. The maximum absolute atomic E-state index is 12.3. The van der Waals surface area contributed by atoms with Gasteiger partial charge in [0.2, 0.25) is 17.7 Å². The number of anilines is 2. The highest BCUT2D eigenvalue weighted by Gasteiger charge is 2.27. The highest BCUT2D eigenvalue weighted by molar-refractivity contribution is 6.02. The van der Waals surface area contributed by atoms with Crippen LogP contribution in [0.5, 0.6) is 0 Å². The average Bonchev–Trinajstić information content (AvgIpc) is 2.39. The van der Waals surface area contributed by atoms with E-state index in [1.165, 1.54) is 6.92 Å². The van der Waals surface area contributed by atoms with E-state index in [1.807, 2.05) is 13.0 Å². The molecule has 6 nitrogen and oxygen atoms in total. The maximum Gasteiger partial charge on any atom is 0.246 e. The normalized spacial score (nSPS) is 15.3. The smallest absolute Gasteiger partial charge is 0.246 e. The van der Waals surface area contributed by atoms with Gasteiger partial charge in [0.25, 0.3) is 0 Å². The molecule has 1 aromatic rings. The molecule has 0 aromatic heterocycles. The molecule has 0 bridgehead atoms. The zero-order valence-corrected chi connectivity index (χ0v) is 13.7. The summed E-state index contributed by atoms with van der Waals surface area (Å²) < 4.78 is 0. The van der Waals surface area contributed by atoms with Crippen LogP contribution in [-0.4, -0.2) is 23.8 Å². The third kappa shape index (κ3) is 4.55. The summed E-state index contributed by atoms with van der Waals surface area (Å²) >= 11 is 0. The van der Waals surface area contributed by atoms with Gasteiger partial charge in [-0.2, -0.15) is 0 Å². The van der Waals surface area contributed by atoms with Crippen molar-refractivity contribution >= 4 is 29.1 Å². The van der Waals surface area contributed by atoms with Crippen molar-refractivity contribution in [1.29, 1.82) is 0 Å². The highest BCUT2D eigenvalue weighted by Crippen LogP contribution is 2.26. The minimum Gasteiger partial charge on any atom is -0.344 e. The van der Waals surface area contributed by atoms with Crippen LogP contribution in [0.3, 0.4) is 0 Å². The lowest BCUT2D eigenvalue weighted by molar-refractivity contribution is -0.130. The zero-order valence-electron chi connectivity index (χ0n) is 13.7. The van der Waals surface area contributed by atoms with Gasteiger partial charge in [-0.3, -0.25) is 14.4 Å². The number of hydrogen-bond acceptors (Lipinski definition) is 3. The predicted molar refractivity (Wildman–Crippen MR) is 89.1 cm³/mol. The van der Waals surface area contributed by atoms with Crippen LogP contribution in [0, 0.1) is 12.8 Å². The molecule has 2 rings (SSSR count). The fraction of sp³-hybridized carbons (Fsp3) is 0.471. The predicted octanol–water partition coefficient (Wildman–Crippen LogP) is 2.20. The van der Waals surface area contributed by atoms with E-state index in [9.17, 15) is 14.4 Å². The van der Waals surface area contributed by atoms with Crippen molar-refractivity contribution in [3.05, 3.63) is 23.8 Å². The van der Waals surface area contributed by atoms with Gasteiger partial charge < -0.3 is 16.0 Å². The van der Waals surface area contributed by atoms with Crippen molar-refractivity contribution in [3.8, 4) is 0 Å². The van der Waals surface area contributed by atoms with E-state index in [2.05, 4.69) is 16.0 Å². The Morgan fingerprint density at radius 3 is 2.39 bits per heavy atom. The first kappa shape index (κ1) is 17.0. The van der Waals surface area contributed by atoms with Crippen molar-refractivity contribution < 1.29 is 14.4 Å². The van der Waals surface area contributed by atoms with E-state index in [1.54, 1.807) is 19.1 Å². The summed E-state index contributed by atoms with van der Waals surface area (Å²) in [6.07, 6.45) is 2.86. The van der Waals surface area contributed by atoms with Crippen LogP contribution in [0.25, 0.3) is 0 Å². The van der Waals surface area contributed by atoms with E-state index in [-0.39, 0.29) is 23.6 Å². The zero-order chi connectivity index (χ0) is 17.0. The van der Waals surface area contributed by atoms with Crippen LogP contribution in [0.4, 0.5) is 11.4 Å². The number of nitrogens with one attached hydrogen (secondary N) is 3. The van der Waals surface area contributed by atoms with Crippen LogP contribution in [0.1, 0.15) is 38.7 Å². The van der Waals surface area contributed by atoms with E-state index in [0.29, 0.717) is 11.4 Å². The SMILES string of the molecule is CC(=O)Nc1ccc(C)cc1NC(=O)C(C)NC(=O)C1CCC1. The molecule has 6 heteroatoms. The molecule has 0 saturated heterocycles. The van der Waals surface area contributed by atoms with Gasteiger partial charge in [-0.15, -0.1) is 0 Å². The number of rotatable bonds is 5. The molecule has 23 heavy (non-hydrogen) atoms. The second kappa shape index (κ2) is 7.26. The number of amides is 3. The second-order valence-electron chi connectivity index (χ2n) is 6.08. The Morgan fingerprint density at radius 1 is 1.13 bits per heavy atom. The van der Waals surface area contributed by atoms with Crippen LogP contribution in [0.2, 0.25) is 0 Å². The second-order valence-corrected chi connectivity index (χ2v) is 6.08. The Morgan fingerprint density at radius 2 is 1.83 bits per heavy atom. The molecular formula is C17H23N3O3. The van der Waals surface area contributed by atoms with Crippen molar-refractivity contribution in [2.24, 2.45) is 5.92 Å². The quantitative estimate of drug-likeness (QED) is 0.778. The summed E-state index contributed by atoms with van der Waals surface area (Å²) in [7, 11) is 0. The molecule has 1 aliphatic carbocycles. The van der Waals surface area contributed by atoms with Crippen molar-refractivity contribution in [3.63, 3.8) is 0 Å². The minimum absolute atomic E-state index is 0.0409. The molecule has 1 aliphatic rings.